The van der Waals surface area contributed by atoms with Crippen molar-refractivity contribution in [1.82, 2.24) is 0 Å². The average molecular weight is 312 g/mol. The summed E-state index contributed by atoms with van der Waals surface area (Å²) in [7, 11) is 1.57. The van der Waals surface area contributed by atoms with Crippen LogP contribution in [0.3, 0.4) is 0 Å². The first kappa shape index (κ1) is 16.5. The molecule has 0 fully saturated rings. The fourth-order valence-electron chi connectivity index (χ4n) is 1.98. The van der Waals surface area contributed by atoms with Gasteiger partial charge < -0.3 is 14.9 Å². The minimum absolute atomic E-state index is 0.155. The predicted molar refractivity (Wildman–Crippen MR) is 92.4 cm³/mol. The molecule has 5 nitrogen and oxygen atoms in total. The van der Waals surface area contributed by atoms with Crippen LogP contribution in [0.1, 0.15) is 16.7 Å². The zero-order chi connectivity index (χ0) is 16.7. The highest BCUT2D eigenvalue weighted by Crippen LogP contribution is 2.21. The van der Waals surface area contributed by atoms with E-state index in [0.717, 1.165) is 5.56 Å². The molecule has 0 saturated heterocycles. The third-order valence-electron chi connectivity index (χ3n) is 3.24. The molecule has 0 saturated carbocycles. The van der Waals surface area contributed by atoms with Gasteiger partial charge in [0.2, 0.25) is 0 Å². The molecule has 0 radical (unpaired) electrons. The molecule has 0 aliphatic carbocycles. The van der Waals surface area contributed by atoms with E-state index in [2.05, 4.69) is 9.98 Å². The van der Waals surface area contributed by atoms with Crippen LogP contribution in [0.5, 0.6) is 17.2 Å². The van der Waals surface area contributed by atoms with Crippen LogP contribution in [0.15, 0.2) is 46.4 Å². The summed E-state index contributed by atoms with van der Waals surface area (Å²) in [5, 5.41) is 19.4. The molecule has 0 heterocycles. The highest BCUT2D eigenvalue weighted by molar-refractivity contribution is 5.84. The van der Waals surface area contributed by atoms with E-state index >= 15 is 0 Å². The number of phenols is 2. The third-order valence-corrected chi connectivity index (χ3v) is 3.24. The van der Waals surface area contributed by atoms with Gasteiger partial charge in [-0.2, -0.15) is 0 Å². The van der Waals surface area contributed by atoms with Crippen LogP contribution in [-0.4, -0.2) is 42.8 Å². The van der Waals surface area contributed by atoms with E-state index in [4.69, 9.17) is 4.74 Å². The van der Waals surface area contributed by atoms with Crippen molar-refractivity contribution in [2.75, 3.05) is 20.2 Å². The lowest BCUT2D eigenvalue weighted by Gasteiger charge is -2.02. The molecule has 0 aliphatic rings. The molecule has 0 amide bonds. The summed E-state index contributed by atoms with van der Waals surface area (Å²) in [6.07, 6.45) is 3.23. The summed E-state index contributed by atoms with van der Waals surface area (Å²) in [6, 6.07) is 10.3. The second-order valence-electron chi connectivity index (χ2n) is 5.06. The standard InChI is InChI=1S/C18H20N2O3/c1-13-3-5-17(21)14(9-13)11-19-7-8-20-12-15-10-16(23-2)4-6-18(15)22/h3-6,9-12,21-22H,7-8H2,1-2H3. The molecule has 5 heteroatoms. The Balaban J connectivity index is 1.90. The summed E-state index contributed by atoms with van der Waals surface area (Å²) in [5.74, 6) is 1.03. The van der Waals surface area contributed by atoms with E-state index in [1.807, 2.05) is 19.1 Å². The number of ether oxygens (including phenoxy) is 1. The number of benzene rings is 2. The highest BCUT2D eigenvalue weighted by Gasteiger charge is 2.00. The molecule has 2 aromatic rings. The van der Waals surface area contributed by atoms with Gasteiger partial charge in [-0.15, -0.1) is 0 Å². The molecular formula is C18H20N2O3. The molecule has 23 heavy (non-hydrogen) atoms. The minimum atomic E-state index is 0.155. The number of methoxy groups -OCH3 is 1. The first-order chi connectivity index (χ1) is 11.1. The molecule has 2 N–H and O–H groups in total. The number of hydrogen-bond donors (Lipinski definition) is 2. The molecule has 0 bridgehead atoms. The first-order valence-corrected chi connectivity index (χ1v) is 7.26. The smallest absolute Gasteiger partial charge is 0.124 e. The van der Waals surface area contributed by atoms with Gasteiger partial charge in [0.05, 0.1) is 20.2 Å². The van der Waals surface area contributed by atoms with Crippen molar-refractivity contribution in [1.29, 1.82) is 0 Å². The van der Waals surface area contributed by atoms with Crippen LogP contribution < -0.4 is 4.74 Å². The van der Waals surface area contributed by atoms with E-state index in [1.165, 1.54) is 0 Å². The van der Waals surface area contributed by atoms with Gasteiger partial charge in [-0.3, -0.25) is 9.98 Å². The van der Waals surface area contributed by atoms with Crippen LogP contribution in [-0.2, 0) is 0 Å². The van der Waals surface area contributed by atoms with Crippen molar-refractivity contribution < 1.29 is 14.9 Å². The summed E-state index contributed by atoms with van der Waals surface area (Å²) in [6.45, 7) is 2.94. The normalized spacial score (nSPS) is 11.4. The van der Waals surface area contributed by atoms with Gasteiger partial charge in [0, 0.05) is 23.6 Å². The molecule has 120 valence electrons. The van der Waals surface area contributed by atoms with Gasteiger partial charge in [0.15, 0.2) is 0 Å². The van der Waals surface area contributed by atoms with Crippen molar-refractivity contribution in [2.45, 2.75) is 6.92 Å². The number of nitrogens with zero attached hydrogens (tertiary/aromatic N) is 2. The van der Waals surface area contributed by atoms with E-state index in [1.54, 1.807) is 43.8 Å². The number of hydrogen-bond acceptors (Lipinski definition) is 5. The van der Waals surface area contributed by atoms with E-state index in [0.29, 0.717) is 30.0 Å². The quantitative estimate of drug-likeness (QED) is 0.636. The van der Waals surface area contributed by atoms with Crippen LogP contribution in [0, 0.1) is 6.92 Å². The van der Waals surface area contributed by atoms with Crippen LogP contribution >= 0.6 is 0 Å². The van der Waals surface area contributed by atoms with Gasteiger partial charge in [0.1, 0.15) is 17.2 Å². The van der Waals surface area contributed by atoms with Crippen LogP contribution in [0.2, 0.25) is 0 Å². The van der Waals surface area contributed by atoms with Crippen molar-refractivity contribution in [3.05, 3.63) is 53.1 Å². The SMILES string of the molecule is COc1ccc(O)c(C=NCCN=Cc2cc(C)ccc2O)c1. The lowest BCUT2D eigenvalue weighted by atomic mass is 10.1. The second kappa shape index (κ2) is 7.98. The maximum atomic E-state index is 9.73. The maximum Gasteiger partial charge on any atom is 0.124 e. The number of rotatable bonds is 6. The monoisotopic (exact) mass is 312 g/mol. The van der Waals surface area contributed by atoms with Gasteiger partial charge in [-0.25, -0.2) is 0 Å². The molecule has 0 aromatic heterocycles. The highest BCUT2D eigenvalue weighted by atomic mass is 16.5. The number of aryl methyl sites for hydroxylation is 1. The van der Waals surface area contributed by atoms with Crippen molar-refractivity contribution in [3.63, 3.8) is 0 Å². The molecule has 2 aromatic carbocycles. The Bertz CT molecular complexity index is 724. The summed E-state index contributed by atoms with van der Waals surface area (Å²) in [5.41, 5.74) is 2.36. The topological polar surface area (TPSA) is 74.4 Å². The van der Waals surface area contributed by atoms with Crippen molar-refractivity contribution in [2.24, 2.45) is 9.98 Å². The van der Waals surface area contributed by atoms with Crippen LogP contribution in [0.4, 0.5) is 0 Å². The first-order valence-electron chi connectivity index (χ1n) is 7.26. The minimum Gasteiger partial charge on any atom is -0.507 e. The van der Waals surface area contributed by atoms with E-state index in [9.17, 15) is 10.2 Å². The lowest BCUT2D eigenvalue weighted by Crippen LogP contribution is -1.92. The number of aliphatic imine (C=N–C) groups is 2. The molecule has 2 rings (SSSR count). The second-order valence-corrected chi connectivity index (χ2v) is 5.06. The Morgan fingerprint density at radius 1 is 0.913 bits per heavy atom. The summed E-state index contributed by atoms with van der Waals surface area (Å²) in [4.78, 5) is 8.48. The van der Waals surface area contributed by atoms with Gasteiger partial charge >= 0.3 is 0 Å². The van der Waals surface area contributed by atoms with Crippen LogP contribution in [0.25, 0.3) is 0 Å². The maximum absolute atomic E-state index is 9.73. The fraction of sp³-hybridized carbons (Fsp3) is 0.222. The molecule has 0 aliphatic heterocycles. The Kier molecular flexibility index (Phi) is 5.74. The zero-order valence-corrected chi connectivity index (χ0v) is 13.2. The molecule has 0 atom stereocenters. The van der Waals surface area contributed by atoms with Gasteiger partial charge in [-0.1, -0.05) is 11.6 Å². The average Bonchev–Trinajstić information content (AvgIpc) is 2.55. The van der Waals surface area contributed by atoms with E-state index < -0.39 is 0 Å². The van der Waals surface area contributed by atoms with Crippen molar-refractivity contribution in [3.8, 4) is 17.2 Å². The molecule has 0 spiro atoms. The van der Waals surface area contributed by atoms with Gasteiger partial charge in [0.25, 0.3) is 0 Å². The Labute approximate surface area is 135 Å². The fourth-order valence-corrected chi connectivity index (χ4v) is 1.98. The van der Waals surface area contributed by atoms with Gasteiger partial charge in [-0.05, 0) is 37.3 Å². The lowest BCUT2D eigenvalue weighted by molar-refractivity contribution is 0.412. The van der Waals surface area contributed by atoms with Crippen molar-refractivity contribution >= 4 is 12.4 Å². The number of aromatic hydroxyl groups is 2. The Hall–Kier alpha value is -2.82. The molecule has 0 unspecified atom stereocenters. The Morgan fingerprint density at radius 3 is 2.09 bits per heavy atom. The largest absolute Gasteiger partial charge is 0.507 e. The predicted octanol–water partition coefficient (Wildman–Crippen LogP) is 2.95. The zero-order valence-electron chi connectivity index (χ0n) is 13.2. The van der Waals surface area contributed by atoms with E-state index in [-0.39, 0.29) is 11.5 Å². The molecular weight excluding hydrogens is 292 g/mol. The summed E-state index contributed by atoms with van der Waals surface area (Å²) < 4.78 is 5.10. The summed E-state index contributed by atoms with van der Waals surface area (Å²) >= 11 is 0. The third kappa shape index (κ3) is 4.85. The Morgan fingerprint density at radius 2 is 1.48 bits per heavy atom. The number of phenolic OH excluding ortho intramolecular Hbond substituents is 2.